The first kappa shape index (κ1) is 25.8. The standard InChI is InChI=1S/C24H30ClN3O2.CH4O/c1-16-5-7-20(8-6-16)27-23(30)24(9-11-26-12-10-24)28(4)22(29)15-21-17(2)13-19(25)14-18(21)3;1-2/h5-8,13-14,26H,9-12,15H2,1-4H3,(H,27,30);2H,1H3. The number of hydrogen-bond acceptors (Lipinski definition) is 4. The molecule has 0 bridgehead atoms. The number of carbonyl (C=O) groups excluding carboxylic acids is 2. The smallest absolute Gasteiger partial charge is 0.250 e. The SMILES string of the molecule is CO.Cc1ccc(NC(=O)C2(N(C)C(=O)Cc3c(C)cc(Cl)cc3C)CCNCC2)cc1. The Morgan fingerprint density at radius 1 is 1.06 bits per heavy atom. The second-order valence-corrected chi connectivity index (χ2v) is 8.69. The van der Waals surface area contributed by atoms with E-state index in [1.807, 2.05) is 57.2 Å². The molecule has 7 heteroatoms. The van der Waals surface area contributed by atoms with Crippen molar-refractivity contribution in [3.8, 4) is 0 Å². The van der Waals surface area contributed by atoms with E-state index in [-0.39, 0.29) is 18.2 Å². The molecule has 3 rings (SSSR count). The summed E-state index contributed by atoms with van der Waals surface area (Å²) < 4.78 is 0. The number of nitrogens with one attached hydrogen (secondary N) is 2. The van der Waals surface area contributed by atoms with Gasteiger partial charge in [-0.1, -0.05) is 29.3 Å². The molecule has 0 unspecified atom stereocenters. The van der Waals surface area contributed by atoms with Gasteiger partial charge >= 0.3 is 0 Å². The van der Waals surface area contributed by atoms with Crippen molar-refractivity contribution >= 4 is 29.1 Å². The Morgan fingerprint density at radius 2 is 1.59 bits per heavy atom. The molecular formula is C25H34ClN3O3. The lowest BCUT2D eigenvalue weighted by Crippen LogP contribution is -2.62. The van der Waals surface area contributed by atoms with E-state index in [1.165, 1.54) is 0 Å². The molecule has 1 aliphatic heterocycles. The predicted octanol–water partition coefficient (Wildman–Crippen LogP) is 3.64. The van der Waals surface area contributed by atoms with Crippen molar-refractivity contribution in [2.45, 2.75) is 45.6 Å². The predicted molar refractivity (Wildman–Crippen MR) is 130 cm³/mol. The van der Waals surface area contributed by atoms with E-state index in [9.17, 15) is 9.59 Å². The minimum absolute atomic E-state index is 0.0653. The molecule has 3 N–H and O–H groups in total. The topological polar surface area (TPSA) is 81.7 Å². The number of anilines is 1. The van der Waals surface area contributed by atoms with E-state index in [0.717, 1.165) is 35.1 Å². The van der Waals surface area contributed by atoms with E-state index in [1.54, 1.807) is 11.9 Å². The molecule has 0 atom stereocenters. The second-order valence-electron chi connectivity index (χ2n) is 8.25. The van der Waals surface area contributed by atoms with Crippen LogP contribution in [0.15, 0.2) is 36.4 Å². The number of piperidine rings is 1. The molecule has 1 saturated heterocycles. The van der Waals surface area contributed by atoms with Gasteiger partial charge in [0.05, 0.1) is 6.42 Å². The highest BCUT2D eigenvalue weighted by atomic mass is 35.5. The summed E-state index contributed by atoms with van der Waals surface area (Å²) in [5, 5.41) is 14.0. The van der Waals surface area contributed by atoms with Crippen molar-refractivity contribution < 1.29 is 14.7 Å². The maximum atomic E-state index is 13.4. The summed E-state index contributed by atoms with van der Waals surface area (Å²) in [6.07, 6.45) is 1.40. The number of halogens is 1. The normalized spacial score (nSPS) is 14.7. The number of aliphatic hydroxyl groups excluding tert-OH is 1. The van der Waals surface area contributed by atoms with E-state index >= 15 is 0 Å². The number of hydrogen-bond donors (Lipinski definition) is 3. The molecule has 2 aromatic carbocycles. The zero-order chi connectivity index (χ0) is 23.9. The largest absolute Gasteiger partial charge is 0.400 e. The minimum Gasteiger partial charge on any atom is -0.400 e. The van der Waals surface area contributed by atoms with Crippen molar-refractivity contribution in [1.82, 2.24) is 10.2 Å². The maximum absolute atomic E-state index is 13.4. The lowest BCUT2D eigenvalue weighted by molar-refractivity contribution is -0.144. The van der Waals surface area contributed by atoms with Gasteiger partial charge in [-0.3, -0.25) is 9.59 Å². The molecule has 32 heavy (non-hydrogen) atoms. The summed E-state index contributed by atoms with van der Waals surface area (Å²) in [5.74, 6) is -0.197. The van der Waals surface area contributed by atoms with Crippen molar-refractivity contribution in [3.63, 3.8) is 0 Å². The van der Waals surface area contributed by atoms with Gasteiger partial charge in [-0.25, -0.2) is 0 Å². The second kappa shape index (κ2) is 11.5. The lowest BCUT2D eigenvalue weighted by Gasteiger charge is -2.43. The molecule has 0 radical (unpaired) electrons. The number of rotatable bonds is 5. The van der Waals surface area contributed by atoms with Crippen LogP contribution in [0.2, 0.25) is 5.02 Å². The van der Waals surface area contributed by atoms with Crippen LogP contribution >= 0.6 is 11.6 Å². The summed E-state index contributed by atoms with van der Waals surface area (Å²) in [4.78, 5) is 28.4. The summed E-state index contributed by atoms with van der Waals surface area (Å²) in [7, 11) is 2.75. The lowest BCUT2D eigenvalue weighted by atomic mass is 9.84. The van der Waals surface area contributed by atoms with Gasteiger partial charge < -0.3 is 20.6 Å². The number of carbonyl (C=O) groups is 2. The Bertz CT molecular complexity index is 915. The van der Waals surface area contributed by atoms with Crippen LogP contribution in [0.4, 0.5) is 5.69 Å². The highest BCUT2D eigenvalue weighted by Gasteiger charge is 2.45. The van der Waals surface area contributed by atoms with Gasteiger partial charge in [-0.15, -0.1) is 0 Å². The Hall–Kier alpha value is -2.41. The molecule has 6 nitrogen and oxygen atoms in total. The summed E-state index contributed by atoms with van der Waals surface area (Å²) in [5.41, 5.74) is 3.95. The van der Waals surface area contributed by atoms with Gasteiger partial charge in [-0.2, -0.15) is 0 Å². The molecule has 0 aromatic heterocycles. The number of benzene rings is 2. The molecule has 0 aliphatic carbocycles. The Kier molecular flexibility index (Phi) is 9.25. The van der Waals surface area contributed by atoms with Crippen LogP contribution in [0.1, 0.15) is 35.1 Å². The van der Waals surface area contributed by atoms with Crippen LogP contribution in [0.3, 0.4) is 0 Å². The first-order valence-corrected chi connectivity index (χ1v) is 11.2. The zero-order valence-electron chi connectivity index (χ0n) is 19.6. The fourth-order valence-corrected chi connectivity index (χ4v) is 4.49. The number of likely N-dealkylation sites (N-methyl/N-ethyl adjacent to an activating group) is 1. The average molecular weight is 460 g/mol. The van der Waals surface area contributed by atoms with E-state index in [4.69, 9.17) is 16.7 Å². The molecule has 1 heterocycles. The summed E-state index contributed by atoms with van der Waals surface area (Å²) in [6, 6.07) is 11.5. The third-order valence-corrected chi connectivity index (χ3v) is 6.39. The molecule has 0 saturated carbocycles. The Balaban J connectivity index is 0.00000176. The van der Waals surface area contributed by atoms with E-state index in [2.05, 4.69) is 10.6 Å². The van der Waals surface area contributed by atoms with Gasteiger partial charge in [0.2, 0.25) is 11.8 Å². The quantitative estimate of drug-likeness (QED) is 0.637. The van der Waals surface area contributed by atoms with Crippen LogP contribution in [0.25, 0.3) is 0 Å². The number of amides is 2. The highest BCUT2D eigenvalue weighted by molar-refractivity contribution is 6.30. The fraction of sp³-hybridized carbons (Fsp3) is 0.440. The van der Waals surface area contributed by atoms with Gasteiger partial charge in [0.1, 0.15) is 5.54 Å². The van der Waals surface area contributed by atoms with Gasteiger partial charge in [0, 0.05) is 24.9 Å². The Labute approximate surface area is 196 Å². The van der Waals surface area contributed by atoms with Crippen LogP contribution in [-0.4, -0.2) is 54.6 Å². The van der Waals surface area contributed by atoms with Crippen LogP contribution in [-0.2, 0) is 16.0 Å². The van der Waals surface area contributed by atoms with Gasteiger partial charge in [-0.05, 0) is 87.7 Å². The van der Waals surface area contributed by atoms with Crippen molar-refractivity contribution in [3.05, 3.63) is 63.7 Å². The zero-order valence-corrected chi connectivity index (χ0v) is 20.3. The maximum Gasteiger partial charge on any atom is 0.250 e. The van der Waals surface area contributed by atoms with E-state index in [0.29, 0.717) is 31.0 Å². The van der Waals surface area contributed by atoms with E-state index < -0.39 is 5.54 Å². The van der Waals surface area contributed by atoms with Gasteiger partial charge in [0.15, 0.2) is 0 Å². The van der Waals surface area contributed by atoms with Crippen molar-refractivity contribution in [2.75, 3.05) is 32.6 Å². The average Bonchev–Trinajstić information content (AvgIpc) is 2.78. The summed E-state index contributed by atoms with van der Waals surface area (Å²) in [6.45, 7) is 7.32. The van der Waals surface area contributed by atoms with Crippen molar-refractivity contribution in [1.29, 1.82) is 0 Å². The Morgan fingerprint density at radius 3 is 2.12 bits per heavy atom. The van der Waals surface area contributed by atoms with Gasteiger partial charge in [0.25, 0.3) is 0 Å². The third kappa shape index (κ3) is 5.88. The molecular weight excluding hydrogens is 426 g/mol. The van der Waals surface area contributed by atoms with Crippen LogP contribution < -0.4 is 10.6 Å². The molecule has 2 aromatic rings. The van der Waals surface area contributed by atoms with Crippen LogP contribution in [0, 0.1) is 20.8 Å². The molecule has 0 spiro atoms. The molecule has 174 valence electrons. The minimum atomic E-state index is -0.874. The molecule has 1 aliphatic rings. The monoisotopic (exact) mass is 459 g/mol. The molecule has 1 fully saturated rings. The fourth-order valence-electron chi connectivity index (χ4n) is 4.17. The third-order valence-electron chi connectivity index (χ3n) is 6.17. The molecule has 2 amide bonds. The number of aliphatic hydroxyl groups is 1. The van der Waals surface area contributed by atoms with Crippen molar-refractivity contribution in [2.24, 2.45) is 0 Å². The first-order chi connectivity index (χ1) is 15.2. The van der Waals surface area contributed by atoms with Crippen LogP contribution in [0.5, 0.6) is 0 Å². The number of aryl methyl sites for hydroxylation is 3. The first-order valence-electron chi connectivity index (χ1n) is 10.8. The highest BCUT2D eigenvalue weighted by Crippen LogP contribution is 2.29. The summed E-state index contributed by atoms with van der Waals surface area (Å²) >= 11 is 6.14. The number of nitrogens with zero attached hydrogens (tertiary/aromatic N) is 1.